The number of rotatable bonds is 2. The number of nitrogens with one attached hydrogen (secondary N) is 1. The molecule has 1 N–H and O–H groups in total. The molecule has 2 amide bonds. The fourth-order valence-electron chi connectivity index (χ4n) is 3.84. The van der Waals surface area contributed by atoms with Crippen LogP contribution in [0.25, 0.3) is 0 Å². The molecule has 0 aliphatic carbocycles. The highest BCUT2D eigenvalue weighted by Gasteiger charge is 2.32. The number of carbonyl (C=O) groups is 1. The summed E-state index contributed by atoms with van der Waals surface area (Å²) in [5.41, 5.74) is 5.21. The fraction of sp³-hybridized carbons (Fsp3) is 0.261. The van der Waals surface area contributed by atoms with Gasteiger partial charge in [0.25, 0.3) is 0 Å². The minimum Gasteiger partial charge on any atom is -0.349 e. The lowest BCUT2D eigenvalue weighted by Crippen LogP contribution is -2.39. The van der Waals surface area contributed by atoms with Crippen LogP contribution in [0.15, 0.2) is 60.8 Å². The first-order chi connectivity index (χ1) is 13.5. The molecule has 144 valence electrons. The average molecular weight is 394 g/mol. The molecule has 1 aliphatic rings. The minimum absolute atomic E-state index is 0.108. The number of urea groups is 1. The summed E-state index contributed by atoms with van der Waals surface area (Å²) in [6.07, 6.45) is 2.97. The molecule has 1 aromatic heterocycles. The lowest BCUT2D eigenvalue weighted by molar-refractivity contribution is 0.199. The van der Waals surface area contributed by atoms with Gasteiger partial charge in [-0.25, -0.2) is 4.79 Å². The predicted octanol–water partition coefficient (Wildman–Crippen LogP) is 5.79. The van der Waals surface area contributed by atoms with Crippen molar-refractivity contribution in [1.29, 1.82) is 0 Å². The van der Waals surface area contributed by atoms with Gasteiger partial charge >= 0.3 is 6.03 Å². The summed E-state index contributed by atoms with van der Waals surface area (Å²) in [7, 11) is 0. The van der Waals surface area contributed by atoms with E-state index in [0.717, 1.165) is 35.5 Å². The van der Waals surface area contributed by atoms with E-state index in [1.807, 2.05) is 53.4 Å². The van der Waals surface area contributed by atoms with Crippen molar-refractivity contribution in [2.75, 3.05) is 11.9 Å². The molecule has 4 nitrogen and oxygen atoms in total. The Morgan fingerprint density at radius 1 is 1.04 bits per heavy atom. The summed E-state index contributed by atoms with van der Waals surface area (Å²) in [5.74, 6) is 0. The summed E-state index contributed by atoms with van der Waals surface area (Å²) >= 11 is 6.55. The molecule has 0 fully saturated rings. The van der Waals surface area contributed by atoms with Crippen LogP contribution in [-0.4, -0.2) is 22.0 Å². The van der Waals surface area contributed by atoms with Gasteiger partial charge in [0.05, 0.1) is 0 Å². The minimum atomic E-state index is -0.224. The van der Waals surface area contributed by atoms with Gasteiger partial charge in [0.15, 0.2) is 0 Å². The first kappa shape index (κ1) is 18.6. The Hall–Kier alpha value is -2.72. The number of aromatic nitrogens is 1. The molecular formula is C23H24ClN3O. The maximum absolute atomic E-state index is 13.3. The Balaban J connectivity index is 1.72. The van der Waals surface area contributed by atoms with Gasteiger partial charge < -0.3 is 14.8 Å². The molecule has 2 aromatic carbocycles. The lowest BCUT2D eigenvalue weighted by Gasteiger charge is -2.31. The third-order valence-electron chi connectivity index (χ3n) is 5.47. The summed E-state index contributed by atoms with van der Waals surface area (Å²) in [5, 5.41) is 3.76. The molecule has 0 spiro atoms. The van der Waals surface area contributed by atoms with Crippen LogP contribution in [0, 0.1) is 13.8 Å². The normalized spacial score (nSPS) is 16.4. The fourth-order valence-corrected chi connectivity index (χ4v) is 4.08. The molecule has 0 bridgehead atoms. The number of hydrogen-bond acceptors (Lipinski definition) is 1. The SMILES string of the molecule is Cc1ccc(NC(=O)N2CCCn3cccc3C2c2ccccc2Cl)cc1C. The molecule has 1 unspecified atom stereocenters. The van der Waals surface area contributed by atoms with Crippen LogP contribution in [-0.2, 0) is 6.54 Å². The molecule has 1 aliphatic heterocycles. The second-order valence-corrected chi connectivity index (χ2v) is 7.73. The van der Waals surface area contributed by atoms with Crippen LogP contribution in [0.4, 0.5) is 10.5 Å². The summed E-state index contributed by atoms with van der Waals surface area (Å²) < 4.78 is 2.22. The standard InChI is InChI=1S/C23H24ClN3O/c1-16-10-11-18(15-17(16)2)25-23(28)27-14-6-13-26-12-5-9-21(26)22(27)19-7-3-4-8-20(19)24/h3-5,7-12,15,22H,6,13-14H2,1-2H3,(H,25,28). The van der Waals surface area contributed by atoms with Crippen LogP contribution in [0.2, 0.25) is 5.02 Å². The molecule has 1 atom stereocenters. The van der Waals surface area contributed by atoms with Gasteiger partial charge in [-0.2, -0.15) is 0 Å². The molecular weight excluding hydrogens is 370 g/mol. The van der Waals surface area contributed by atoms with Crippen molar-refractivity contribution < 1.29 is 4.79 Å². The lowest BCUT2D eigenvalue weighted by atomic mass is 10.0. The maximum Gasteiger partial charge on any atom is 0.322 e. The van der Waals surface area contributed by atoms with Gasteiger partial charge in [0, 0.05) is 35.7 Å². The first-order valence-electron chi connectivity index (χ1n) is 9.59. The van der Waals surface area contributed by atoms with E-state index >= 15 is 0 Å². The van der Waals surface area contributed by atoms with E-state index in [1.165, 1.54) is 5.56 Å². The quantitative estimate of drug-likeness (QED) is 0.588. The topological polar surface area (TPSA) is 37.3 Å². The number of amides is 2. The summed E-state index contributed by atoms with van der Waals surface area (Å²) in [6, 6.07) is 17.5. The van der Waals surface area contributed by atoms with E-state index in [9.17, 15) is 4.79 Å². The van der Waals surface area contributed by atoms with Gasteiger partial charge in [-0.05, 0) is 67.3 Å². The van der Waals surface area contributed by atoms with Crippen LogP contribution < -0.4 is 5.32 Å². The van der Waals surface area contributed by atoms with Crippen molar-refractivity contribution in [1.82, 2.24) is 9.47 Å². The van der Waals surface area contributed by atoms with Crippen molar-refractivity contribution in [3.63, 3.8) is 0 Å². The third kappa shape index (κ3) is 3.52. The van der Waals surface area contributed by atoms with Gasteiger partial charge in [-0.1, -0.05) is 35.9 Å². The molecule has 4 rings (SSSR count). The second kappa shape index (κ2) is 7.72. The molecule has 3 aromatic rings. The monoisotopic (exact) mass is 393 g/mol. The summed E-state index contributed by atoms with van der Waals surface area (Å²) in [4.78, 5) is 15.2. The van der Waals surface area contributed by atoms with Crippen molar-refractivity contribution in [2.24, 2.45) is 0 Å². The zero-order valence-electron chi connectivity index (χ0n) is 16.2. The maximum atomic E-state index is 13.3. The van der Waals surface area contributed by atoms with E-state index in [1.54, 1.807) is 0 Å². The Labute approximate surface area is 170 Å². The number of nitrogens with zero attached hydrogens (tertiary/aromatic N) is 2. The third-order valence-corrected chi connectivity index (χ3v) is 5.82. The van der Waals surface area contributed by atoms with Gasteiger partial charge in [-0.3, -0.25) is 0 Å². The Kier molecular flexibility index (Phi) is 5.14. The highest BCUT2D eigenvalue weighted by Crippen LogP contribution is 2.36. The Morgan fingerprint density at radius 2 is 1.86 bits per heavy atom. The van der Waals surface area contributed by atoms with Crippen molar-refractivity contribution in [3.8, 4) is 0 Å². The first-order valence-corrected chi connectivity index (χ1v) is 9.97. The summed E-state index contributed by atoms with van der Waals surface area (Å²) in [6.45, 7) is 5.67. The van der Waals surface area contributed by atoms with Gasteiger partial charge in [-0.15, -0.1) is 0 Å². The number of benzene rings is 2. The van der Waals surface area contributed by atoms with Gasteiger partial charge in [0.2, 0.25) is 0 Å². The Bertz CT molecular complexity index is 1010. The number of hydrogen-bond donors (Lipinski definition) is 1. The Morgan fingerprint density at radius 3 is 2.64 bits per heavy atom. The van der Waals surface area contributed by atoms with Gasteiger partial charge in [0.1, 0.15) is 6.04 Å². The molecule has 0 radical (unpaired) electrons. The van der Waals surface area contributed by atoms with E-state index < -0.39 is 0 Å². The molecule has 2 heterocycles. The number of anilines is 1. The highest BCUT2D eigenvalue weighted by molar-refractivity contribution is 6.31. The van der Waals surface area contributed by atoms with E-state index in [-0.39, 0.29) is 12.1 Å². The molecule has 0 saturated heterocycles. The van der Waals surface area contributed by atoms with Crippen LogP contribution >= 0.6 is 11.6 Å². The van der Waals surface area contributed by atoms with E-state index in [2.05, 4.69) is 36.0 Å². The van der Waals surface area contributed by atoms with Crippen molar-refractivity contribution in [2.45, 2.75) is 32.9 Å². The number of fused-ring (bicyclic) bond motifs is 1. The van der Waals surface area contributed by atoms with Crippen LogP contribution in [0.3, 0.4) is 0 Å². The number of carbonyl (C=O) groups excluding carboxylic acids is 1. The number of halogens is 1. The highest BCUT2D eigenvalue weighted by atomic mass is 35.5. The smallest absolute Gasteiger partial charge is 0.322 e. The van der Waals surface area contributed by atoms with Crippen molar-refractivity contribution in [3.05, 3.63) is 88.2 Å². The second-order valence-electron chi connectivity index (χ2n) is 7.33. The average Bonchev–Trinajstić information content (AvgIpc) is 3.06. The van der Waals surface area contributed by atoms with Crippen molar-refractivity contribution >= 4 is 23.3 Å². The molecule has 0 saturated carbocycles. The zero-order chi connectivity index (χ0) is 19.7. The number of aryl methyl sites for hydroxylation is 3. The predicted molar refractivity (Wildman–Crippen MR) is 114 cm³/mol. The molecule has 5 heteroatoms. The van der Waals surface area contributed by atoms with Crippen LogP contribution in [0.5, 0.6) is 0 Å². The zero-order valence-corrected chi connectivity index (χ0v) is 16.9. The van der Waals surface area contributed by atoms with E-state index in [0.29, 0.717) is 11.6 Å². The largest absolute Gasteiger partial charge is 0.349 e. The van der Waals surface area contributed by atoms with Crippen LogP contribution in [0.1, 0.15) is 34.8 Å². The molecule has 28 heavy (non-hydrogen) atoms. The van der Waals surface area contributed by atoms with E-state index in [4.69, 9.17) is 11.6 Å².